The number of methoxy groups -OCH3 is 1. The first-order valence-electron chi connectivity index (χ1n) is 6.63. The van der Waals surface area contributed by atoms with Crippen molar-refractivity contribution in [1.82, 2.24) is 9.78 Å². The Morgan fingerprint density at radius 3 is 2.54 bits per heavy atom. The van der Waals surface area contributed by atoms with Crippen molar-refractivity contribution >= 4 is 23.1 Å². The standard InChI is InChI=1S/C13H13N5O6/c1-8-5-12(18(22)23)15-16(8)7-13(19)14-10-4-3-9(24-2)6-11(10)17(20)21/h3-6H,7H2,1-2H3,(H,14,19). The number of rotatable bonds is 6. The van der Waals surface area contributed by atoms with Crippen LogP contribution in [0, 0.1) is 27.2 Å². The molecule has 126 valence electrons. The van der Waals surface area contributed by atoms with Crippen molar-refractivity contribution in [3.05, 3.63) is 50.2 Å². The summed E-state index contributed by atoms with van der Waals surface area (Å²) >= 11 is 0. The predicted molar refractivity (Wildman–Crippen MR) is 81.9 cm³/mol. The third kappa shape index (κ3) is 3.63. The summed E-state index contributed by atoms with van der Waals surface area (Å²) < 4.78 is 6.05. The van der Waals surface area contributed by atoms with Gasteiger partial charge in [-0.1, -0.05) is 0 Å². The van der Waals surface area contributed by atoms with E-state index in [-0.39, 0.29) is 29.5 Å². The number of nitrogens with one attached hydrogen (secondary N) is 1. The number of benzene rings is 1. The highest BCUT2D eigenvalue weighted by atomic mass is 16.6. The number of carbonyl (C=O) groups is 1. The summed E-state index contributed by atoms with van der Waals surface area (Å²) in [6.07, 6.45) is 0. The molecule has 24 heavy (non-hydrogen) atoms. The van der Waals surface area contributed by atoms with Gasteiger partial charge in [-0.2, -0.15) is 4.68 Å². The number of hydrogen-bond donors (Lipinski definition) is 1. The number of nitrogens with zero attached hydrogens (tertiary/aromatic N) is 4. The lowest BCUT2D eigenvalue weighted by atomic mass is 10.2. The molecule has 0 aliphatic carbocycles. The molecule has 0 atom stereocenters. The maximum absolute atomic E-state index is 12.0. The Bertz CT molecular complexity index is 815. The van der Waals surface area contributed by atoms with E-state index in [4.69, 9.17) is 4.74 Å². The van der Waals surface area contributed by atoms with Gasteiger partial charge in [0.1, 0.15) is 18.0 Å². The molecule has 1 aromatic carbocycles. The van der Waals surface area contributed by atoms with E-state index in [1.807, 2.05) is 0 Å². The summed E-state index contributed by atoms with van der Waals surface area (Å²) in [7, 11) is 1.37. The molecule has 1 aromatic heterocycles. The summed E-state index contributed by atoms with van der Waals surface area (Å²) in [6.45, 7) is 1.24. The van der Waals surface area contributed by atoms with Crippen molar-refractivity contribution in [3.63, 3.8) is 0 Å². The molecule has 0 aliphatic heterocycles. The van der Waals surface area contributed by atoms with E-state index in [2.05, 4.69) is 10.4 Å². The summed E-state index contributed by atoms with van der Waals surface area (Å²) in [5.74, 6) is -0.710. The molecule has 0 saturated carbocycles. The molecule has 0 aliphatic rings. The number of aromatic nitrogens is 2. The second-order valence-corrected chi connectivity index (χ2v) is 4.75. The van der Waals surface area contributed by atoms with E-state index in [9.17, 15) is 25.0 Å². The number of amides is 1. The Morgan fingerprint density at radius 1 is 1.29 bits per heavy atom. The molecule has 0 radical (unpaired) electrons. The van der Waals surface area contributed by atoms with Crippen LogP contribution in [0.3, 0.4) is 0 Å². The molecule has 0 spiro atoms. The summed E-state index contributed by atoms with van der Waals surface area (Å²) in [6, 6.07) is 5.21. The first-order chi connectivity index (χ1) is 11.3. The Kier molecular flexibility index (Phi) is 4.73. The van der Waals surface area contributed by atoms with Crippen LogP contribution in [-0.4, -0.2) is 32.6 Å². The highest BCUT2D eigenvalue weighted by molar-refractivity contribution is 5.93. The highest BCUT2D eigenvalue weighted by Crippen LogP contribution is 2.28. The largest absolute Gasteiger partial charge is 0.496 e. The van der Waals surface area contributed by atoms with Crippen LogP contribution in [0.2, 0.25) is 0 Å². The van der Waals surface area contributed by atoms with Gasteiger partial charge in [-0.05, 0) is 24.0 Å². The number of anilines is 1. The monoisotopic (exact) mass is 335 g/mol. The molecule has 2 aromatic rings. The number of aryl methyl sites for hydroxylation is 1. The Labute approximate surface area is 135 Å². The molecule has 1 amide bonds. The lowest BCUT2D eigenvalue weighted by molar-refractivity contribution is -0.389. The maximum atomic E-state index is 12.0. The van der Waals surface area contributed by atoms with Gasteiger partial charge in [-0.25, -0.2) is 0 Å². The number of ether oxygens (including phenoxy) is 1. The van der Waals surface area contributed by atoms with Crippen molar-refractivity contribution in [2.45, 2.75) is 13.5 Å². The molecule has 11 nitrogen and oxygen atoms in total. The fourth-order valence-corrected chi connectivity index (χ4v) is 1.96. The SMILES string of the molecule is COc1ccc(NC(=O)Cn2nc([N+](=O)[O-])cc2C)c([N+](=O)[O-])c1. The van der Waals surface area contributed by atoms with Crippen LogP contribution in [0.15, 0.2) is 24.3 Å². The zero-order chi connectivity index (χ0) is 17.9. The minimum atomic E-state index is -0.671. The molecule has 0 saturated heterocycles. The number of nitro benzene ring substituents is 1. The Morgan fingerprint density at radius 2 is 2.00 bits per heavy atom. The van der Waals surface area contributed by atoms with Gasteiger partial charge in [0.25, 0.3) is 5.69 Å². The topological polar surface area (TPSA) is 142 Å². The molecule has 0 unspecified atom stereocenters. The van der Waals surface area contributed by atoms with Gasteiger partial charge in [0, 0.05) is 0 Å². The fourth-order valence-electron chi connectivity index (χ4n) is 1.96. The van der Waals surface area contributed by atoms with Gasteiger partial charge in [0.15, 0.2) is 0 Å². The van der Waals surface area contributed by atoms with Crippen molar-refractivity contribution in [1.29, 1.82) is 0 Å². The highest BCUT2D eigenvalue weighted by Gasteiger charge is 2.20. The van der Waals surface area contributed by atoms with Gasteiger partial charge in [0.2, 0.25) is 5.91 Å². The lowest BCUT2D eigenvalue weighted by Crippen LogP contribution is -2.20. The van der Waals surface area contributed by atoms with Gasteiger partial charge >= 0.3 is 5.82 Å². The third-order valence-electron chi connectivity index (χ3n) is 3.12. The average Bonchev–Trinajstić information content (AvgIpc) is 2.88. The minimum Gasteiger partial charge on any atom is -0.496 e. The molecule has 1 N–H and O–H groups in total. The van der Waals surface area contributed by atoms with Gasteiger partial charge < -0.3 is 20.2 Å². The average molecular weight is 335 g/mol. The van der Waals surface area contributed by atoms with Crippen molar-refractivity contribution in [3.8, 4) is 5.75 Å². The zero-order valence-electron chi connectivity index (χ0n) is 12.8. The van der Waals surface area contributed by atoms with E-state index in [1.54, 1.807) is 6.92 Å². The quantitative estimate of drug-likeness (QED) is 0.624. The van der Waals surface area contributed by atoms with E-state index in [0.29, 0.717) is 5.69 Å². The molecule has 0 bridgehead atoms. The van der Waals surface area contributed by atoms with Crippen molar-refractivity contribution in [2.24, 2.45) is 0 Å². The van der Waals surface area contributed by atoms with Crippen LogP contribution >= 0.6 is 0 Å². The lowest BCUT2D eigenvalue weighted by Gasteiger charge is -2.07. The van der Waals surface area contributed by atoms with Gasteiger partial charge in [0.05, 0.1) is 35.0 Å². The van der Waals surface area contributed by atoms with Crippen LogP contribution in [0.25, 0.3) is 0 Å². The van der Waals surface area contributed by atoms with Gasteiger partial charge in [-0.3, -0.25) is 14.9 Å². The van der Waals surface area contributed by atoms with Crippen LogP contribution in [0.1, 0.15) is 5.69 Å². The second kappa shape index (κ2) is 6.73. The molecule has 2 rings (SSSR count). The first kappa shape index (κ1) is 16.9. The maximum Gasteiger partial charge on any atom is 0.390 e. The Balaban J connectivity index is 2.18. The first-order valence-corrected chi connectivity index (χ1v) is 6.63. The zero-order valence-corrected chi connectivity index (χ0v) is 12.8. The molecule has 0 fully saturated rings. The van der Waals surface area contributed by atoms with E-state index in [1.165, 1.54) is 31.4 Å². The summed E-state index contributed by atoms with van der Waals surface area (Å²) in [4.78, 5) is 32.5. The van der Waals surface area contributed by atoms with E-state index < -0.39 is 15.8 Å². The second-order valence-electron chi connectivity index (χ2n) is 4.75. The number of hydrogen-bond acceptors (Lipinski definition) is 7. The van der Waals surface area contributed by atoms with Gasteiger partial charge in [-0.15, -0.1) is 0 Å². The normalized spacial score (nSPS) is 10.2. The van der Waals surface area contributed by atoms with Crippen LogP contribution in [-0.2, 0) is 11.3 Å². The number of carbonyl (C=O) groups excluding carboxylic acids is 1. The molecular formula is C13H13N5O6. The van der Waals surface area contributed by atoms with Crippen molar-refractivity contribution < 1.29 is 19.4 Å². The Hall–Kier alpha value is -3.50. The predicted octanol–water partition coefficient (Wildman–Crippen LogP) is 1.66. The number of nitro groups is 2. The summed E-state index contributed by atoms with van der Waals surface area (Å²) in [5, 5.41) is 27.8. The summed E-state index contributed by atoms with van der Waals surface area (Å²) in [5.41, 5.74) is 0.0806. The fraction of sp³-hybridized carbons (Fsp3) is 0.231. The van der Waals surface area contributed by atoms with E-state index >= 15 is 0 Å². The minimum absolute atomic E-state index is 0.00916. The molecule has 11 heteroatoms. The van der Waals surface area contributed by atoms with Crippen LogP contribution < -0.4 is 10.1 Å². The molecular weight excluding hydrogens is 322 g/mol. The van der Waals surface area contributed by atoms with E-state index in [0.717, 1.165) is 4.68 Å². The van der Waals surface area contributed by atoms with Crippen LogP contribution in [0.5, 0.6) is 5.75 Å². The van der Waals surface area contributed by atoms with Crippen LogP contribution in [0.4, 0.5) is 17.2 Å². The smallest absolute Gasteiger partial charge is 0.390 e. The molecule has 1 heterocycles. The van der Waals surface area contributed by atoms with Crippen molar-refractivity contribution in [2.75, 3.05) is 12.4 Å². The third-order valence-corrected chi connectivity index (χ3v) is 3.12.